The van der Waals surface area contributed by atoms with Crippen molar-refractivity contribution in [2.45, 2.75) is 44.6 Å². The maximum Gasteiger partial charge on any atom is 0.251 e. The molecule has 0 saturated heterocycles. The summed E-state index contributed by atoms with van der Waals surface area (Å²) in [7, 11) is -1.70. The van der Waals surface area contributed by atoms with E-state index in [1.165, 1.54) is 0 Å². The van der Waals surface area contributed by atoms with Crippen molar-refractivity contribution in [2.24, 2.45) is 0 Å². The second kappa shape index (κ2) is 8.50. The Morgan fingerprint density at radius 1 is 1.00 bits per heavy atom. The summed E-state index contributed by atoms with van der Waals surface area (Å²) in [5, 5.41) is 4.05. The van der Waals surface area contributed by atoms with Gasteiger partial charge >= 0.3 is 0 Å². The minimum absolute atomic E-state index is 0.00667. The second-order valence-corrected chi connectivity index (χ2v) is 12.1. The molecule has 0 aliphatic carbocycles. The van der Waals surface area contributed by atoms with Gasteiger partial charge in [-0.25, -0.2) is 0 Å². The number of amides is 1. The number of benzene rings is 2. The van der Waals surface area contributed by atoms with E-state index in [2.05, 4.69) is 32.2 Å². The quantitative estimate of drug-likeness (QED) is 0.616. The van der Waals surface area contributed by atoms with Crippen LogP contribution in [-0.2, 0) is 0 Å². The third-order valence-electron chi connectivity index (χ3n) is 5.22. The van der Waals surface area contributed by atoms with E-state index in [1.807, 2.05) is 48.5 Å². The number of carbonyl (C=O) groups excluding carboxylic acids is 1. The Hall–Kier alpha value is -1.58. The molecule has 0 aromatic heterocycles. The Balaban J connectivity index is 2.41. The summed E-state index contributed by atoms with van der Waals surface area (Å²) in [5.74, 6) is -0.00667. The minimum atomic E-state index is -1.70. The lowest BCUT2D eigenvalue weighted by Gasteiger charge is -2.38. The number of nitrogens with one attached hydrogen (secondary N) is 1. The molecule has 0 aliphatic heterocycles. The summed E-state index contributed by atoms with van der Waals surface area (Å²) >= 11 is 6.22. The van der Waals surface area contributed by atoms with E-state index in [1.54, 1.807) is 0 Å². The predicted octanol–water partition coefficient (Wildman–Crippen LogP) is 5.86. The third-order valence-corrected chi connectivity index (χ3v) is 11.4. The molecule has 24 heavy (non-hydrogen) atoms. The van der Waals surface area contributed by atoms with E-state index in [4.69, 9.17) is 11.6 Å². The first-order chi connectivity index (χ1) is 11.6. The van der Waals surface area contributed by atoms with Crippen LogP contribution in [0, 0.1) is 0 Å². The van der Waals surface area contributed by atoms with Crippen LogP contribution in [0.4, 0.5) is 0 Å². The molecule has 0 radical (unpaired) electrons. The normalized spacial score (nSPS) is 12.7. The first-order valence-electron chi connectivity index (χ1n) is 8.67. The highest BCUT2D eigenvalue weighted by Gasteiger charge is 2.38. The van der Waals surface area contributed by atoms with Crippen molar-refractivity contribution in [3.63, 3.8) is 0 Å². The van der Waals surface area contributed by atoms with Crippen molar-refractivity contribution in [2.75, 3.05) is 0 Å². The summed E-state index contributed by atoms with van der Waals surface area (Å²) in [6.07, 6.45) is 0. The summed E-state index contributed by atoms with van der Waals surface area (Å²) < 4.78 is 0. The lowest BCUT2D eigenvalue weighted by Crippen LogP contribution is -2.49. The van der Waals surface area contributed by atoms with Gasteiger partial charge in [-0.2, -0.15) is 0 Å². The van der Waals surface area contributed by atoms with Crippen molar-refractivity contribution in [1.82, 2.24) is 5.32 Å². The number of halogens is 1. The minimum Gasteiger partial charge on any atom is -0.348 e. The Labute approximate surface area is 151 Å². The Morgan fingerprint density at radius 2 is 1.62 bits per heavy atom. The lowest BCUT2D eigenvalue weighted by molar-refractivity contribution is 0.0946. The van der Waals surface area contributed by atoms with Crippen LogP contribution in [0.1, 0.15) is 42.4 Å². The fourth-order valence-corrected chi connectivity index (χ4v) is 7.69. The summed E-state index contributed by atoms with van der Waals surface area (Å²) in [6.45, 7) is 6.77. The number of hydrogen-bond acceptors (Lipinski definition) is 1. The van der Waals surface area contributed by atoms with Gasteiger partial charge in [0.05, 0.1) is 8.07 Å². The van der Waals surface area contributed by atoms with Gasteiger partial charge in [0, 0.05) is 16.3 Å². The Kier molecular flexibility index (Phi) is 6.64. The van der Waals surface area contributed by atoms with Crippen molar-refractivity contribution in [3.05, 3.63) is 70.7 Å². The van der Waals surface area contributed by atoms with Gasteiger partial charge in [-0.1, -0.05) is 80.8 Å². The van der Waals surface area contributed by atoms with Gasteiger partial charge in [-0.05, 0) is 29.8 Å². The average molecular weight is 360 g/mol. The number of rotatable bonds is 7. The average Bonchev–Trinajstić information content (AvgIpc) is 2.63. The maximum atomic E-state index is 12.8. The molecule has 2 aromatic rings. The van der Waals surface area contributed by atoms with Crippen LogP contribution in [-0.4, -0.2) is 14.0 Å². The van der Waals surface area contributed by atoms with Gasteiger partial charge in [-0.15, -0.1) is 0 Å². The number of hydrogen-bond donors (Lipinski definition) is 1. The van der Waals surface area contributed by atoms with Crippen LogP contribution < -0.4 is 5.32 Å². The molecule has 2 nitrogen and oxygen atoms in total. The van der Waals surface area contributed by atoms with Crippen LogP contribution in [0.25, 0.3) is 0 Å². The molecule has 0 heterocycles. The van der Waals surface area contributed by atoms with Crippen LogP contribution in [0.15, 0.2) is 54.6 Å². The molecule has 2 rings (SSSR count). The fourth-order valence-electron chi connectivity index (χ4n) is 3.44. The molecule has 0 aliphatic rings. The standard InChI is InChI=1S/C20H26ClNOSi/c1-4-24(5-2,6-3)20(17-13-10-14-18(21)15-17)22-19(23)16-11-8-7-9-12-16/h7-15,20H,4-6H2,1-3H3,(H,22,23). The molecule has 2 aromatic carbocycles. The largest absolute Gasteiger partial charge is 0.348 e. The van der Waals surface area contributed by atoms with Gasteiger partial charge in [0.1, 0.15) is 0 Å². The fraction of sp³-hybridized carbons (Fsp3) is 0.350. The molecule has 4 heteroatoms. The maximum absolute atomic E-state index is 12.8. The first kappa shape index (κ1) is 18.8. The van der Waals surface area contributed by atoms with E-state index in [-0.39, 0.29) is 11.6 Å². The van der Waals surface area contributed by atoms with Gasteiger partial charge in [0.2, 0.25) is 0 Å². The van der Waals surface area contributed by atoms with E-state index in [9.17, 15) is 4.79 Å². The highest BCUT2D eigenvalue weighted by atomic mass is 35.5. The molecular weight excluding hydrogens is 334 g/mol. The molecule has 1 atom stereocenters. The molecular formula is C20H26ClNOSi. The SMILES string of the molecule is CC[Si](CC)(CC)C(NC(=O)c1ccccc1)c1cccc(Cl)c1. The monoisotopic (exact) mass is 359 g/mol. The van der Waals surface area contributed by atoms with E-state index in [0.717, 1.165) is 28.7 Å². The van der Waals surface area contributed by atoms with Crippen LogP contribution >= 0.6 is 11.6 Å². The lowest BCUT2D eigenvalue weighted by atomic mass is 10.2. The van der Waals surface area contributed by atoms with Gasteiger partial charge in [-0.3, -0.25) is 4.79 Å². The molecule has 0 bridgehead atoms. The number of carbonyl (C=O) groups is 1. The van der Waals surface area contributed by atoms with Crippen molar-refractivity contribution in [3.8, 4) is 0 Å². The zero-order valence-electron chi connectivity index (χ0n) is 14.7. The van der Waals surface area contributed by atoms with Gasteiger partial charge in [0.15, 0.2) is 0 Å². The van der Waals surface area contributed by atoms with Crippen LogP contribution in [0.5, 0.6) is 0 Å². The summed E-state index contributed by atoms with van der Waals surface area (Å²) in [5.41, 5.74) is 1.91. The van der Waals surface area contributed by atoms with E-state index < -0.39 is 8.07 Å². The van der Waals surface area contributed by atoms with Crippen LogP contribution in [0.3, 0.4) is 0 Å². The topological polar surface area (TPSA) is 29.1 Å². The van der Waals surface area contributed by atoms with Crippen molar-refractivity contribution < 1.29 is 4.79 Å². The Bertz CT molecular complexity index is 662. The third kappa shape index (κ3) is 4.08. The molecule has 1 N–H and O–H groups in total. The van der Waals surface area contributed by atoms with E-state index in [0.29, 0.717) is 5.56 Å². The predicted molar refractivity (Wildman–Crippen MR) is 105 cm³/mol. The zero-order valence-corrected chi connectivity index (χ0v) is 16.4. The van der Waals surface area contributed by atoms with Gasteiger partial charge in [0.25, 0.3) is 5.91 Å². The molecule has 1 unspecified atom stereocenters. The molecule has 1 amide bonds. The second-order valence-electron chi connectivity index (χ2n) is 6.25. The molecule has 0 spiro atoms. The van der Waals surface area contributed by atoms with Gasteiger partial charge < -0.3 is 5.32 Å². The molecule has 0 fully saturated rings. The van der Waals surface area contributed by atoms with Crippen LogP contribution in [0.2, 0.25) is 23.2 Å². The molecule has 0 saturated carbocycles. The first-order valence-corrected chi connectivity index (χ1v) is 11.7. The van der Waals surface area contributed by atoms with Crippen molar-refractivity contribution >= 4 is 25.6 Å². The molecule has 128 valence electrons. The van der Waals surface area contributed by atoms with Crippen molar-refractivity contribution in [1.29, 1.82) is 0 Å². The smallest absolute Gasteiger partial charge is 0.251 e. The van der Waals surface area contributed by atoms with E-state index >= 15 is 0 Å². The summed E-state index contributed by atoms with van der Waals surface area (Å²) in [6, 6.07) is 20.8. The highest BCUT2D eigenvalue weighted by Crippen LogP contribution is 2.35. The zero-order chi connectivity index (χ0) is 17.6. The summed E-state index contributed by atoms with van der Waals surface area (Å²) in [4.78, 5) is 12.8. The highest BCUT2D eigenvalue weighted by molar-refractivity contribution is 6.81. The Morgan fingerprint density at radius 3 is 2.17 bits per heavy atom.